The first kappa shape index (κ1) is 26.3. The molecule has 4 heterocycles. The van der Waals surface area contributed by atoms with Gasteiger partial charge in [-0.2, -0.15) is 4.31 Å². The van der Waals surface area contributed by atoms with E-state index in [1.54, 1.807) is 42.6 Å². The van der Waals surface area contributed by atoms with Crippen molar-refractivity contribution < 1.29 is 13.3 Å². The Bertz CT molecular complexity index is 1810. The van der Waals surface area contributed by atoms with E-state index in [0.29, 0.717) is 64.5 Å². The minimum atomic E-state index is -3.61. The molecule has 2 aromatic carbocycles. The summed E-state index contributed by atoms with van der Waals surface area (Å²) in [6.07, 6.45) is 4.62. The molecule has 1 N–H and O–H groups in total. The molecule has 0 bridgehead atoms. The minimum Gasteiger partial charge on any atom is -0.351 e. The molecular formula is C26H22ClN7O4S2. The highest BCUT2D eigenvalue weighted by molar-refractivity contribution is 7.89. The zero-order valence-electron chi connectivity index (χ0n) is 20.8. The van der Waals surface area contributed by atoms with Crippen LogP contribution in [0.3, 0.4) is 0 Å². The molecule has 0 aliphatic carbocycles. The van der Waals surface area contributed by atoms with Gasteiger partial charge < -0.3 is 5.32 Å². The van der Waals surface area contributed by atoms with E-state index in [-0.39, 0.29) is 16.6 Å². The molecule has 0 amide bonds. The number of imidazole rings is 1. The zero-order valence-corrected chi connectivity index (χ0v) is 23.2. The number of rotatable bonds is 7. The Labute approximate surface area is 238 Å². The molecule has 3 aromatic heterocycles. The SMILES string of the molecule is O=[N+]([O-])c1ccccc1-c1nc2sccn2c1-c1ccnc(NC2CCN(S(=O)(=O)c3ccc(Cl)cc3)CC2)n1. The van der Waals surface area contributed by atoms with E-state index in [1.165, 1.54) is 33.8 Å². The second kappa shape index (κ2) is 10.6. The first-order valence-electron chi connectivity index (χ1n) is 12.4. The number of halogens is 1. The van der Waals surface area contributed by atoms with E-state index in [0.717, 1.165) is 0 Å². The number of hydrogen-bond acceptors (Lipinski definition) is 9. The topological polar surface area (TPSA) is 136 Å². The van der Waals surface area contributed by atoms with Crippen LogP contribution in [0.4, 0.5) is 11.6 Å². The molecule has 1 aliphatic heterocycles. The van der Waals surface area contributed by atoms with E-state index in [4.69, 9.17) is 21.6 Å². The average Bonchev–Trinajstić information content (AvgIpc) is 3.55. The van der Waals surface area contributed by atoms with Crippen molar-refractivity contribution in [1.82, 2.24) is 23.7 Å². The number of thiazole rings is 1. The van der Waals surface area contributed by atoms with Crippen LogP contribution in [0.5, 0.6) is 0 Å². The number of fused-ring (bicyclic) bond motifs is 1. The second-order valence-electron chi connectivity index (χ2n) is 9.18. The molecule has 11 nitrogen and oxygen atoms in total. The van der Waals surface area contributed by atoms with E-state index >= 15 is 0 Å². The van der Waals surface area contributed by atoms with Gasteiger partial charge in [-0.25, -0.2) is 23.4 Å². The number of aromatic nitrogens is 4. The van der Waals surface area contributed by atoms with Gasteiger partial charge in [0.25, 0.3) is 5.69 Å². The molecule has 0 unspecified atom stereocenters. The van der Waals surface area contributed by atoms with Crippen molar-refractivity contribution in [2.45, 2.75) is 23.8 Å². The van der Waals surface area contributed by atoms with Crippen molar-refractivity contribution in [2.24, 2.45) is 0 Å². The third-order valence-electron chi connectivity index (χ3n) is 6.75. The first-order chi connectivity index (χ1) is 19.3. The number of nitrogens with zero attached hydrogens (tertiary/aromatic N) is 6. The number of benzene rings is 2. The monoisotopic (exact) mass is 595 g/mol. The average molecular weight is 596 g/mol. The fraction of sp³-hybridized carbons (Fsp3) is 0.192. The van der Waals surface area contributed by atoms with Crippen LogP contribution in [0.15, 0.2) is 77.3 Å². The quantitative estimate of drug-likeness (QED) is 0.196. The Morgan fingerprint density at radius 3 is 2.55 bits per heavy atom. The van der Waals surface area contributed by atoms with Gasteiger partial charge in [-0.3, -0.25) is 14.5 Å². The summed E-state index contributed by atoms with van der Waals surface area (Å²) in [4.78, 5) is 26.0. The fourth-order valence-corrected chi connectivity index (χ4v) is 7.10. The predicted octanol–water partition coefficient (Wildman–Crippen LogP) is 5.35. The lowest BCUT2D eigenvalue weighted by atomic mass is 10.1. The van der Waals surface area contributed by atoms with Crippen LogP contribution < -0.4 is 5.32 Å². The Kier molecular flexibility index (Phi) is 6.96. The summed E-state index contributed by atoms with van der Waals surface area (Å²) < 4.78 is 29.4. The van der Waals surface area contributed by atoms with E-state index in [1.807, 2.05) is 16.0 Å². The van der Waals surface area contributed by atoms with Gasteiger partial charge in [-0.1, -0.05) is 23.7 Å². The third-order valence-corrected chi connectivity index (χ3v) is 9.68. The number of sulfonamides is 1. The van der Waals surface area contributed by atoms with Gasteiger partial charge in [-0.05, 0) is 49.2 Å². The van der Waals surface area contributed by atoms with Crippen LogP contribution >= 0.6 is 22.9 Å². The Morgan fingerprint density at radius 2 is 1.80 bits per heavy atom. The van der Waals surface area contributed by atoms with Crippen LogP contribution in [-0.2, 0) is 10.0 Å². The summed E-state index contributed by atoms with van der Waals surface area (Å²) in [5.41, 5.74) is 2.01. The zero-order chi connectivity index (χ0) is 27.9. The Hall–Kier alpha value is -3.91. The Morgan fingerprint density at radius 1 is 1.05 bits per heavy atom. The standard InChI is InChI=1S/C26H22ClN7O4S2/c27-17-5-7-19(8-6-17)40(37,38)32-13-10-18(11-14-32)29-25-28-12-9-21(30-25)24-23(31-26-33(24)15-16-39-26)20-3-1-2-4-22(20)34(35)36/h1-9,12,15-16,18H,10-11,13-14H2,(H,28,29,30). The van der Waals surface area contributed by atoms with Crippen molar-refractivity contribution in [2.75, 3.05) is 18.4 Å². The molecule has 0 spiro atoms. The highest BCUT2D eigenvalue weighted by Gasteiger charge is 2.30. The molecule has 1 fully saturated rings. The van der Waals surface area contributed by atoms with Crippen LogP contribution in [0.1, 0.15) is 12.8 Å². The third kappa shape index (κ3) is 4.92. The number of para-hydroxylation sites is 1. The van der Waals surface area contributed by atoms with Gasteiger partial charge in [-0.15, -0.1) is 11.3 Å². The van der Waals surface area contributed by atoms with E-state index in [9.17, 15) is 18.5 Å². The molecule has 40 heavy (non-hydrogen) atoms. The number of nitrogens with one attached hydrogen (secondary N) is 1. The lowest BCUT2D eigenvalue weighted by Gasteiger charge is -2.31. The smallest absolute Gasteiger partial charge is 0.278 e. The van der Waals surface area contributed by atoms with E-state index < -0.39 is 14.9 Å². The highest BCUT2D eigenvalue weighted by atomic mass is 35.5. The second-order valence-corrected chi connectivity index (χ2v) is 12.4. The highest BCUT2D eigenvalue weighted by Crippen LogP contribution is 2.38. The molecule has 0 radical (unpaired) electrons. The maximum Gasteiger partial charge on any atom is 0.278 e. The maximum atomic E-state index is 13.0. The van der Waals surface area contributed by atoms with Crippen molar-refractivity contribution in [3.05, 3.63) is 87.5 Å². The molecule has 1 saturated heterocycles. The van der Waals surface area contributed by atoms with Gasteiger partial charge >= 0.3 is 0 Å². The van der Waals surface area contributed by atoms with Crippen LogP contribution in [0, 0.1) is 10.1 Å². The number of anilines is 1. The van der Waals surface area contributed by atoms with Crippen molar-refractivity contribution in [3.63, 3.8) is 0 Å². The van der Waals surface area contributed by atoms with E-state index in [2.05, 4.69) is 10.3 Å². The molecule has 204 valence electrons. The molecule has 1 aliphatic rings. The number of nitro groups is 1. The minimum absolute atomic E-state index is 0.0341. The number of piperidine rings is 1. The first-order valence-corrected chi connectivity index (χ1v) is 15.1. The Balaban J connectivity index is 1.24. The van der Waals surface area contributed by atoms with Gasteiger partial charge in [0.05, 0.1) is 21.1 Å². The van der Waals surface area contributed by atoms with Gasteiger partial charge in [0.15, 0.2) is 4.96 Å². The summed E-state index contributed by atoms with van der Waals surface area (Å²) in [5, 5.41) is 17.4. The molecule has 5 aromatic rings. The van der Waals surface area contributed by atoms with Gasteiger partial charge in [0.2, 0.25) is 16.0 Å². The lowest BCUT2D eigenvalue weighted by Crippen LogP contribution is -2.42. The molecule has 0 saturated carbocycles. The largest absolute Gasteiger partial charge is 0.351 e. The normalized spacial score (nSPS) is 14.9. The van der Waals surface area contributed by atoms with Crippen LogP contribution in [0.25, 0.3) is 27.6 Å². The lowest BCUT2D eigenvalue weighted by molar-refractivity contribution is -0.384. The number of hydrogen-bond donors (Lipinski definition) is 1. The summed E-state index contributed by atoms with van der Waals surface area (Å²) >= 11 is 7.33. The van der Waals surface area contributed by atoms with Crippen molar-refractivity contribution in [3.8, 4) is 22.6 Å². The van der Waals surface area contributed by atoms with Crippen LogP contribution in [0.2, 0.25) is 5.02 Å². The summed E-state index contributed by atoms with van der Waals surface area (Å²) in [5.74, 6) is 0.384. The summed E-state index contributed by atoms with van der Waals surface area (Å²) in [7, 11) is -3.61. The number of nitro benzene ring substituents is 1. The van der Waals surface area contributed by atoms with Crippen molar-refractivity contribution >= 4 is 49.6 Å². The fourth-order valence-electron chi connectivity index (χ4n) is 4.79. The molecular weight excluding hydrogens is 574 g/mol. The van der Waals surface area contributed by atoms with Gasteiger partial charge in [0, 0.05) is 48.0 Å². The van der Waals surface area contributed by atoms with Gasteiger partial charge in [0.1, 0.15) is 11.4 Å². The molecule has 6 rings (SSSR count). The summed E-state index contributed by atoms with van der Waals surface area (Å²) in [6.45, 7) is 0.699. The predicted molar refractivity (Wildman–Crippen MR) is 153 cm³/mol. The van der Waals surface area contributed by atoms with Crippen LogP contribution in [-0.4, -0.2) is 56.1 Å². The van der Waals surface area contributed by atoms with Crippen molar-refractivity contribution in [1.29, 1.82) is 0 Å². The molecule has 0 atom stereocenters. The molecule has 14 heteroatoms. The maximum absolute atomic E-state index is 13.0. The summed E-state index contributed by atoms with van der Waals surface area (Å²) in [6, 6.07) is 14.4.